The van der Waals surface area contributed by atoms with Crippen LogP contribution in [0.3, 0.4) is 0 Å². The summed E-state index contributed by atoms with van der Waals surface area (Å²) >= 11 is 0. The van der Waals surface area contributed by atoms with Gasteiger partial charge in [-0.1, -0.05) is 0 Å². The van der Waals surface area contributed by atoms with Crippen molar-refractivity contribution in [2.75, 3.05) is 19.0 Å². The van der Waals surface area contributed by atoms with E-state index in [-0.39, 0.29) is 16.8 Å². The summed E-state index contributed by atoms with van der Waals surface area (Å²) in [6.45, 7) is 4.54. The molecule has 0 fully saturated rings. The number of nitrogens with two attached hydrogens (primary N) is 1. The van der Waals surface area contributed by atoms with E-state index in [0.29, 0.717) is 12.4 Å². The van der Waals surface area contributed by atoms with Gasteiger partial charge in [0.05, 0.1) is 13.4 Å². The van der Waals surface area contributed by atoms with E-state index >= 15 is 0 Å². The maximum Gasteiger partial charge on any atom is 0.295 e. The molecule has 6 nitrogen and oxygen atoms in total. The van der Waals surface area contributed by atoms with Crippen molar-refractivity contribution in [2.45, 2.75) is 25.8 Å². The largest absolute Gasteiger partial charge is 0.489 e. The smallest absolute Gasteiger partial charge is 0.295 e. The van der Waals surface area contributed by atoms with Crippen LogP contribution in [-0.4, -0.2) is 29.2 Å². The molecule has 0 bridgehead atoms. The Kier molecular flexibility index (Phi) is 3.89. The van der Waals surface area contributed by atoms with Crippen LogP contribution in [0.25, 0.3) is 0 Å². The molecule has 0 atom stereocenters. The molecule has 0 saturated heterocycles. The molecule has 0 radical (unpaired) electrons. The third kappa shape index (κ3) is 2.96. The monoisotopic (exact) mass is 226 g/mol. The lowest BCUT2D eigenvalue weighted by atomic mass is 10.0. The summed E-state index contributed by atoms with van der Waals surface area (Å²) in [4.78, 5) is 17.9. The number of anilines is 1. The van der Waals surface area contributed by atoms with Crippen molar-refractivity contribution in [3.05, 3.63) is 16.7 Å². The van der Waals surface area contributed by atoms with Gasteiger partial charge in [0, 0.05) is 5.54 Å². The van der Waals surface area contributed by atoms with Crippen molar-refractivity contribution in [3.8, 4) is 5.75 Å². The highest BCUT2D eigenvalue weighted by Gasteiger charge is 2.20. The summed E-state index contributed by atoms with van der Waals surface area (Å²) < 4.78 is 5.00. The average Bonchev–Trinajstić information content (AvgIpc) is 2.17. The van der Waals surface area contributed by atoms with Crippen molar-refractivity contribution in [2.24, 2.45) is 5.73 Å². The van der Waals surface area contributed by atoms with Crippen molar-refractivity contribution >= 4 is 5.82 Å². The SMILES string of the molecule is COc1c(NC(C)(C)CCN)nc[nH]c1=O. The minimum atomic E-state index is -0.302. The number of aromatic amines is 1. The van der Waals surface area contributed by atoms with Crippen LogP contribution in [0, 0.1) is 0 Å². The molecule has 1 aromatic heterocycles. The molecule has 0 aliphatic rings. The molecule has 1 aromatic rings. The van der Waals surface area contributed by atoms with E-state index in [0.717, 1.165) is 6.42 Å². The molecule has 0 amide bonds. The van der Waals surface area contributed by atoms with Gasteiger partial charge < -0.3 is 20.8 Å². The number of ether oxygens (including phenoxy) is 1. The minimum Gasteiger partial charge on any atom is -0.489 e. The van der Waals surface area contributed by atoms with Gasteiger partial charge in [0.2, 0.25) is 5.75 Å². The second kappa shape index (κ2) is 4.98. The zero-order chi connectivity index (χ0) is 12.2. The molecule has 1 heterocycles. The number of H-pyrrole nitrogens is 1. The van der Waals surface area contributed by atoms with Crippen LogP contribution < -0.4 is 21.3 Å². The molecular weight excluding hydrogens is 208 g/mol. The summed E-state index contributed by atoms with van der Waals surface area (Å²) in [6.07, 6.45) is 2.11. The fraction of sp³-hybridized carbons (Fsp3) is 0.600. The zero-order valence-corrected chi connectivity index (χ0v) is 9.83. The van der Waals surface area contributed by atoms with E-state index in [1.807, 2.05) is 13.8 Å². The summed E-state index contributed by atoms with van der Waals surface area (Å²) in [7, 11) is 1.44. The highest BCUT2D eigenvalue weighted by Crippen LogP contribution is 2.21. The molecule has 0 unspecified atom stereocenters. The Bertz CT molecular complexity index is 400. The first-order valence-corrected chi connectivity index (χ1v) is 5.10. The first kappa shape index (κ1) is 12.5. The Hall–Kier alpha value is -1.56. The number of hydrogen-bond acceptors (Lipinski definition) is 5. The van der Waals surface area contributed by atoms with Crippen molar-refractivity contribution in [1.29, 1.82) is 0 Å². The predicted octanol–water partition coefficient (Wildman–Crippen LogP) is 0.318. The molecule has 0 aromatic carbocycles. The lowest BCUT2D eigenvalue weighted by Gasteiger charge is -2.26. The van der Waals surface area contributed by atoms with Crippen LogP contribution in [0.1, 0.15) is 20.3 Å². The Labute approximate surface area is 94.2 Å². The average molecular weight is 226 g/mol. The van der Waals surface area contributed by atoms with Crippen molar-refractivity contribution in [3.63, 3.8) is 0 Å². The van der Waals surface area contributed by atoms with Gasteiger partial charge in [0.25, 0.3) is 5.56 Å². The summed E-state index contributed by atoms with van der Waals surface area (Å²) in [5.41, 5.74) is 4.97. The number of nitrogens with zero attached hydrogens (tertiary/aromatic N) is 1. The molecule has 0 aliphatic carbocycles. The van der Waals surface area contributed by atoms with Crippen LogP contribution in [-0.2, 0) is 0 Å². The highest BCUT2D eigenvalue weighted by atomic mass is 16.5. The second-order valence-electron chi connectivity index (χ2n) is 4.16. The van der Waals surface area contributed by atoms with Crippen molar-refractivity contribution < 1.29 is 4.74 Å². The molecule has 4 N–H and O–H groups in total. The number of rotatable bonds is 5. The van der Waals surface area contributed by atoms with E-state index in [4.69, 9.17) is 10.5 Å². The number of hydrogen-bond donors (Lipinski definition) is 3. The molecule has 1 rings (SSSR count). The molecule has 6 heteroatoms. The second-order valence-corrected chi connectivity index (χ2v) is 4.16. The number of aromatic nitrogens is 2. The molecule has 90 valence electrons. The summed E-state index contributed by atoms with van der Waals surface area (Å²) in [5.74, 6) is 0.622. The van der Waals surface area contributed by atoms with Gasteiger partial charge in [-0.05, 0) is 26.8 Å². The summed E-state index contributed by atoms with van der Waals surface area (Å²) in [5, 5.41) is 3.14. The Morgan fingerprint density at radius 1 is 1.62 bits per heavy atom. The van der Waals surface area contributed by atoms with Crippen LogP contribution in [0.5, 0.6) is 5.75 Å². The number of nitrogens with one attached hydrogen (secondary N) is 2. The first-order chi connectivity index (χ1) is 7.50. The lowest BCUT2D eigenvalue weighted by Crippen LogP contribution is -2.34. The third-order valence-electron chi connectivity index (χ3n) is 2.24. The number of methoxy groups -OCH3 is 1. The van der Waals surface area contributed by atoms with Gasteiger partial charge in [-0.3, -0.25) is 4.79 Å². The fourth-order valence-corrected chi connectivity index (χ4v) is 1.41. The van der Waals surface area contributed by atoms with E-state index in [2.05, 4.69) is 15.3 Å². The van der Waals surface area contributed by atoms with Crippen LogP contribution in [0.4, 0.5) is 5.82 Å². The Balaban J connectivity index is 2.97. The Morgan fingerprint density at radius 3 is 2.88 bits per heavy atom. The molecular formula is C10H18N4O2. The topological polar surface area (TPSA) is 93.0 Å². The van der Waals surface area contributed by atoms with Crippen LogP contribution in [0.15, 0.2) is 11.1 Å². The normalized spacial score (nSPS) is 11.2. The molecule has 16 heavy (non-hydrogen) atoms. The molecule has 0 spiro atoms. The third-order valence-corrected chi connectivity index (χ3v) is 2.24. The van der Waals surface area contributed by atoms with E-state index < -0.39 is 0 Å². The highest BCUT2D eigenvalue weighted by molar-refractivity contribution is 5.49. The van der Waals surface area contributed by atoms with Crippen LogP contribution in [0.2, 0.25) is 0 Å². The van der Waals surface area contributed by atoms with E-state index in [9.17, 15) is 4.79 Å². The minimum absolute atomic E-state index is 0.188. The van der Waals surface area contributed by atoms with Gasteiger partial charge in [0.15, 0.2) is 5.82 Å². The zero-order valence-electron chi connectivity index (χ0n) is 9.83. The maximum absolute atomic E-state index is 11.4. The van der Waals surface area contributed by atoms with E-state index in [1.165, 1.54) is 13.4 Å². The van der Waals surface area contributed by atoms with Gasteiger partial charge in [0.1, 0.15) is 0 Å². The lowest BCUT2D eigenvalue weighted by molar-refractivity contribution is 0.405. The van der Waals surface area contributed by atoms with Crippen LogP contribution >= 0.6 is 0 Å². The summed E-state index contributed by atoms with van der Waals surface area (Å²) in [6, 6.07) is 0. The standard InChI is InChI=1S/C10H18N4O2/c1-10(2,4-5-11)14-8-7(16-3)9(15)13-6-12-8/h6H,4-5,11H2,1-3H3,(H2,12,13,14,15). The van der Waals surface area contributed by atoms with Gasteiger partial charge in [-0.15, -0.1) is 0 Å². The maximum atomic E-state index is 11.4. The molecule has 0 aliphatic heterocycles. The van der Waals surface area contributed by atoms with Gasteiger partial charge >= 0.3 is 0 Å². The first-order valence-electron chi connectivity index (χ1n) is 5.10. The predicted molar refractivity (Wildman–Crippen MR) is 62.8 cm³/mol. The fourth-order valence-electron chi connectivity index (χ4n) is 1.41. The van der Waals surface area contributed by atoms with Gasteiger partial charge in [-0.2, -0.15) is 0 Å². The molecule has 0 saturated carbocycles. The van der Waals surface area contributed by atoms with E-state index in [1.54, 1.807) is 0 Å². The quantitative estimate of drug-likeness (QED) is 0.672. The van der Waals surface area contributed by atoms with Gasteiger partial charge in [-0.25, -0.2) is 4.98 Å². The Morgan fingerprint density at radius 2 is 2.31 bits per heavy atom. The van der Waals surface area contributed by atoms with Crippen molar-refractivity contribution in [1.82, 2.24) is 9.97 Å².